The molecule has 0 saturated heterocycles. The van der Waals surface area contributed by atoms with Crippen LogP contribution in [-0.2, 0) is 0 Å². The van der Waals surface area contributed by atoms with E-state index in [-0.39, 0.29) is 12.0 Å². The Morgan fingerprint density at radius 2 is 1.70 bits per heavy atom. The number of benzene rings is 3. The first-order valence-electron chi connectivity index (χ1n) is 11.0. The van der Waals surface area contributed by atoms with E-state index in [1.807, 2.05) is 48.5 Å². The molecule has 1 aliphatic rings. The molecule has 1 atom stereocenters. The molecule has 0 saturated carbocycles. The van der Waals surface area contributed by atoms with Crippen LogP contribution in [0.25, 0.3) is 10.9 Å². The summed E-state index contributed by atoms with van der Waals surface area (Å²) in [6, 6.07) is 23.2. The van der Waals surface area contributed by atoms with Crippen molar-refractivity contribution in [1.29, 1.82) is 0 Å². The zero-order chi connectivity index (χ0) is 22.8. The van der Waals surface area contributed by atoms with Crippen LogP contribution in [0.4, 0.5) is 11.5 Å². The van der Waals surface area contributed by atoms with Crippen molar-refractivity contribution in [3.8, 4) is 11.5 Å². The average Bonchev–Trinajstić information content (AvgIpc) is 2.81. The third-order valence-corrected chi connectivity index (χ3v) is 5.51. The number of fused-ring (bicyclic) bond motifs is 2. The Morgan fingerprint density at radius 3 is 2.52 bits per heavy atom. The fourth-order valence-electron chi connectivity index (χ4n) is 4.09. The Hall–Kier alpha value is -4.06. The molecule has 2 N–H and O–H groups in total. The minimum Gasteiger partial charge on any atom is -0.486 e. The highest BCUT2D eigenvalue weighted by molar-refractivity contribution is 6.07. The SMILES string of the molecule is Cc1cc(C)cc(Nc2cc(C(=O)NC[C@@H]3COc4ccccc4O3)c3ccccc3n2)c1. The van der Waals surface area contributed by atoms with Crippen LogP contribution in [0.5, 0.6) is 11.5 Å². The first-order chi connectivity index (χ1) is 16.0. The number of aryl methyl sites for hydroxylation is 2. The lowest BCUT2D eigenvalue weighted by molar-refractivity contribution is 0.0790. The third-order valence-electron chi connectivity index (χ3n) is 5.51. The van der Waals surface area contributed by atoms with Crippen LogP contribution in [0, 0.1) is 13.8 Å². The summed E-state index contributed by atoms with van der Waals surface area (Å²) in [7, 11) is 0. The van der Waals surface area contributed by atoms with Crippen LogP contribution in [0.1, 0.15) is 21.5 Å². The Bertz CT molecular complexity index is 1320. The molecular weight excluding hydrogens is 414 g/mol. The molecule has 0 aliphatic carbocycles. The Balaban J connectivity index is 1.37. The molecule has 33 heavy (non-hydrogen) atoms. The van der Waals surface area contributed by atoms with E-state index in [9.17, 15) is 4.79 Å². The van der Waals surface area contributed by atoms with Gasteiger partial charge in [-0.2, -0.15) is 0 Å². The van der Waals surface area contributed by atoms with E-state index in [1.165, 1.54) is 0 Å². The molecule has 0 bridgehead atoms. The Kier molecular flexibility index (Phi) is 5.57. The lowest BCUT2D eigenvalue weighted by Crippen LogP contribution is -2.40. The quantitative estimate of drug-likeness (QED) is 0.449. The zero-order valence-electron chi connectivity index (χ0n) is 18.6. The van der Waals surface area contributed by atoms with Crippen molar-refractivity contribution in [1.82, 2.24) is 10.3 Å². The molecule has 0 unspecified atom stereocenters. The van der Waals surface area contributed by atoms with Crippen molar-refractivity contribution in [3.63, 3.8) is 0 Å². The normalized spacial score (nSPS) is 14.7. The molecule has 1 aliphatic heterocycles. The van der Waals surface area contributed by atoms with Gasteiger partial charge in [-0.3, -0.25) is 4.79 Å². The predicted molar refractivity (Wildman–Crippen MR) is 130 cm³/mol. The second kappa shape index (κ2) is 8.82. The van der Waals surface area contributed by atoms with Crippen LogP contribution in [0.2, 0.25) is 0 Å². The number of para-hydroxylation sites is 3. The molecule has 166 valence electrons. The second-order valence-corrected chi connectivity index (χ2v) is 8.28. The number of rotatable bonds is 5. The van der Waals surface area contributed by atoms with E-state index in [0.29, 0.717) is 30.3 Å². The van der Waals surface area contributed by atoms with E-state index in [2.05, 4.69) is 42.7 Å². The largest absolute Gasteiger partial charge is 0.486 e. The summed E-state index contributed by atoms with van der Waals surface area (Å²) in [4.78, 5) is 17.9. The Labute approximate surface area is 192 Å². The summed E-state index contributed by atoms with van der Waals surface area (Å²) in [6.07, 6.45) is -0.259. The number of nitrogens with zero attached hydrogens (tertiary/aromatic N) is 1. The maximum absolute atomic E-state index is 13.2. The lowest BCUT2D eigenvalue weighted by Gasteiger charge is -2.26. The number of ether oxygens (including phenoxy) is 2. The molecule has 2 heterocycles. The number of pyridine rings is 1. The molecular formula is C27H25N3O3. The number of amides is 1. The maximum atomic E-state index is 13.2. The van der Waals surface area contributed by atoms with E-state index in [4.69, 9.17) is 14.5 Å². The van der Waals surface area contributed by atoms with Crippen molar-refractivity contribution in [2.24, 2.45) is 0 Å². The number of carbonyl (C=O) groups is 1. The molecule has 0 spiro atoms. The fourth-order valence-corrected chi connectivity index (χ4v) is 4.09. The Morgan fingerprint density at radius 1 is 0.970 bits per heavy atom. The highest BCUT2D eigenvalue weighted by atomic mass is 16.6. The first kappa shape index (κ1) is 20.8. The average molecular weight is 440 g/mol. The summed E-state index contributed by atoms with van der Waals surface area (Å²) in [5.74, 6) is 1.86. The number of anilines is 2. The minimum atomic E-state index is -0.259. The van der Waals surface area contributed by atoms with Gasteiger partial charge in [0.05, 0.1) is 17.6 Å². The molecule has 3 aromatic carbocycles. The summed E-state index contributed by atoms with van der Waals surface area (Å²) in [5.41, 5.74) is 4.57. The second-order valence-electron chi connectivity index (χ2n) is 8.28. The van der Waals surface area contributed by atoms with Crippen LogP contribution >= 0.6 is 0 Å². The first-order valence-corrected chi connectivity index (χ1v) is 11.0. The molecule has 0 fully saturated rings. The topological polar surface area (TPSA) is 72.5 Å². The smallest absolute Gasteiger partial charge is 0.252 e. The van der Waals surface area contributed by atoms with E-state index in [1.54, 1.807) is 6.07 Å². The van der Waals surface area contributed by atoms with Gasteiger partial charge >= 0.3 is 0 Å². The van der Waals surface area contributed by atoms with Crippen molar-refractivity contribution < 1.29 is 14.3 Å². The van der Waals surface area contributed by atoms with Gasteiger partial charge in [0.15, 0.2) is 11.5 Å². The van der Waals surface area contributed by atoms with Gasteiger partial charge in [0.2, 0.25) is 0 Å². The standard InChI is InChI=1S/C27H25N3O3/c1-17-11-18(2)13-19(12-17)29-26-14-22(21-7-3-4-8-23(21)30-26)27(31)28-15-20-16-32-24-9-5-6-10-25(24)33-20/h3-14,20H,15-16H2,1-2H3,(H,28,31)(H,29,30)/t20-/m1/s1. The molecule has 1 amide bonds. The lowest BCUT2D eigenvalue weighted by atomic mass is 10.1. The summed E-state index contributed by atoms with van der Waals surface area (Å²) >= 11 is 0. The van der Waals surface area contributed by atoms with Gasteiger partial charge in [-0.05, 0) is 61.4 Å². The molecule has 1 aromatic heterocycles. The van der Waals surface area contributed by atoms with Gasteiger partial charge in [-0.1, -0.05) is 36.4 Å². The van der Waals surface area contributed by atoms with Crippen LogP contribution in [-0.4, -0.2) is 30.1 Å². The van der Waals surface area contributed by atoms with E-state index < -0.39 is 0 Å². The van der Waals surface area contributed by atoms with Gasteiger partial charge in [-0.15, -0.1) is 0 Å². The zero-order valence-corrected chi connectivity index (χ0v) is 18.6. The van der Waals surface area contributed by atoms with Crippen molar-refractivity contribution in [2.45, 2.75) is 20.0 Å². The molecule has 6 nitrogen and oxygen atoms in total. The summed E-state index contributed by atoms with van der Waals surface area (Å²) < 4.78 is 11.7. The van der Waals surface area contributed by atoms with Crippen LogP contribution in [0.3, 0.4) is 0 Å². The number of nitrogens with one attached hydrogen (secondary N) is 2. The highest BCUT2D eigenvalue weighted by Crippen LogP contribution is 2.31. The van der Waals surface area contributed by atoms with Crippen LogP contribution < -0.4 is 20.1 Å². The molecule has 4 aromatic rings. The molecule has 0 radical (unpaired) electrons. The predicted octanol–water partition coefficient (Wildman–Crippen LogP) is 5.17. The number of hydrogen-bond acceptors (Lipinski definition) is 5. The van der Waals surface area contributed by atoms with Crippen molar-refractivity contribution >= 4 is 28.3 Å². The number of hydrogen-bond donors (Lipinski definition) is 2. The minimum absolute atomic E-state index is 0.181. The fraction of sp³-hybridized carbons (Fsp3) is 0.185. The van der Waals surface area contributed by atoms with Crippen molar-refractivity contribution in [2.75, 3.05) is 18.5 Å². The van der Waals surface area contributed by atoms with Crippen molar-refractivity contribution in [3.05, 3.63) is 89.5 Å². The van der Waals surface area contributed by atoms with E-state index >= 15 is 0 Å². The maximum Gasteiger partial charge on any atom is 0.252 e. The van der Waals surface area contributed by atoms with Gasteiger partial charge in [-0.25, -0.2) is 4.98 Å². The van der Waals surface area contributed by atoms with E-state index in [0.717, 1.165) is 33.5 Å². The summed E-state index contributed by atoms with van der Waals surface area (Å²) in [6.45, 7) is 4.83. The van der Waals surface area contributed by atoms with Crippen LogP contribution in [0.15, 0.2) is 72.8 Å². The molecule has 5 rings (SSSR count). The highest BCUT2D eigenvalue weighted by Gasteiger charge is 2.22. The number of aromatic nitrogens is 1. The monoisotopic (exact) mass is 439 g/mol. The van der Waals surface area contributed by atoms with Gasteiger partial charge in [0, 0.05) is 11.1 Å². The third kappa shape index (κ3) is 4.60. The van der Waals surface area contributed by atoms with Gasteiger partial charge < -0.3 is 20.1 Å². The van der Waals surface area contributed by atoms with Gasteiger partial charge in [0.25, 0.3) is 5.91 Å². The molecule has 6 heteroatoms. The summed E-state index contributed by atoms with van der Waals surface area (Å²) in [5, 5.41) is 7.15. The number of carbonyl (C=O) groups excluding carboxylic acids is 1. The van der Waals surface area contributed by atoms with Gasteiger partial charge in [0.1, 0.15) is 18.5 Å².